The highest BCUT2D eigenvalue weighted by Gasteiger charge is 2.25. The minimum Gasteiger partial charge on any atom is -0.368 e. The number of hydrogen-bond acceptors (Lipinski definition) is 6. The van der Waals surface area contributed by atoms with Gasteiger partial charge in [0.1, 0.15) is 0 Å². The number of hydrogen-bond donors (Lipinski definition) is 1. The molecule has 0 spiro atoms. The Morgan fingerprint density at radius 1 is 1.09 bits per heavy atom. The Labute approximate surface area is 205 Å². The number of carbonyl (C=O) groups excluding carboxylic acids is 2. The first-order chi connectivity index (χ1) is 16.0. The summed E-state index contributed by atoms with van der Waals surface area (Å²) in [5, 5.41) is 2.96. The lowest BCUT2D eigenvalue weighted by atomic mass is 9.99. The number of pyridine rings is 1. The molecule has 2 saturated heterocycles. The van der Waals surface area contributed by atoms with Gasteiger partial charge in [-0.3, -0.25) is 19.9 Å². The third-order valence-corrected chi connectivity index (χ3v) is 7.57. The standard InChI is InChI=1S/C25H23BrN4O2S/c1-2-29-9-11-30(12-10-29)22-6-4-17(15-20(22)26)18-7-8-27-21-5-3-16(13-19(18)21)14-23-24(31)28-25(32)33-23/h3-8,13-15H,2,9-12H2,1H3,(H,28,31,32). The molecule has 3 aromatic rings. The Morgan fingerprint density at radius 2 is 1.91 bits per heavy atom. The van der Waals surface area contributed by atoms with Crippen LogP contribution in [0.25, 0.3) is 28.1 Å². The Balaban J connectivity index is 1.48. The zero-order valence-electron chi connectivity index (χ0n) is 18.2. The van der Waals surface area contributed by atoms with E-state index in [1.165, 1.54) is 5.69 Å². The second-order valence-electron chi connectivity index (χ2n) is 8.07. The van der Waals surface area contributed by atoms with Gasteiger partial charge in [-0.25, -0.2) is 0 Å². The van der Waals surface area contributed by atoms with E-state index in [-0.39, 0.29) is 11.1 Å². The predicted molar refractivity (Wildman–Crippen MR) is 138 cm³/mol. The molecular formula is C25H23BrN4O2S. The molecule has 0 saturated carbocycles. The number of anilines is 1. The molecule has 0 radical (unpaired) electrons. The maximum Gasteiger partial charge on any atom is 0.290 e. The summed E-state index contributed by atoms with van der Waals surface area (Å²) in [6, 6.07) is 14.4. The quantitative estimate of drug-likeness (QED) is 0.479. The van der Waals surface area contributed by atoms with Gasteiger partial charge in [-0.1, -0.05) is 19.1 Å². The van der Waals surface area contributed by atoms with Gasteiger partial charge in [-0.15, -0.1) is 0 Å². The molecule has 0 aliphatic carbocycles. The lowest BCUT2D eigenvalue weighted by Crippen LogP contribution is -2.46. The molecule has 5 rings (SSSR count). The second-order valence-corrected chi connectivity index (χ2v) is 9.94. The van der Waals surface area contributed by atoms with Gasteiger partial charge in [0.05, 0.1) is 16.1 Å². The number of benzene rings is 2. The van der Waals surface area contributed by atoms with E-state index in [0.29, 0.717) is 4.91 Å². The normalized spacial score (nSPS) is 18.4. The van der Waals surface area contributed by atoms with Crippen molar-refractivity contribution in [1.82, 2.24) is 15.2 Å². The van der Waals surface area contributed by atoms with Crippen LogP contribution in [0.1, 0.15) is 12.5 Å². The third kappa shape index (κ3) is 4.55. The van der Waals surface area contributed by atoms with Gasteiger partial charge in [-0.2, -0.15) is 0 Å². The molecule has 1 N–H and O–H groups in total. The van der Waals surface area contributed by atoms with Gasteiger partial charge in [-0.05, 0) is 87.3 Å². The monoisotopic (exact) mass is 522 g/mol. The highest BCUT2D eigenvalue weighted by Crippen LogP contribution is 2.35. The van der Waals surface area contributed by atoms with Crippen LogP contribution in [0.3, 0.4) is 0 Å². The number of aromatic nitrogens is 1. The fourth-order valence-corrected chi connectivity index (χ4v) is 5.63. The van der Waals surface area contributed by atoms with Crippen molar-refractivity contribution in [2.24, 2.45) is 0 Å². The Hall–Kier alpha value is -2.68. The van der Waals surface area contributed by atoms with Gasteiger partial charge in [0.15, 0.2) is 0 Å². The molecule has 2 amide bonds. The number of nitrogens with zero attached hydrogens (tertiary/aromatic N) is 3. The lowest BCUT2D eigenvalue weighted by molar-refractivity contribution is -0.115. The summed E-state index contributed by atoms with van der Waals surface area (Å²) in [6.07, 6.45) is 3.57. The number of thioether (sulfide) groups is 1. The molecule has 2 fully saturated rings. The summed E-state index contributed by atoms with van der Waals surface area (Å²) in [7, 11) is 0. The molecule has 8 heteroatoms. The molecule has 33 heavy (non-hydrogen) atoms. The molecule has 2 aliphatic heterocycles. The van der Waals surface area contributed by atoms with Crippen molar-refractivity contribution in [1.29, 1.82) is 0 Å². The molecule has 0 unspecified atom stereocenters. The van der Waals surface area contributed by atoms with E-state index in [9.17, 15) is 9.59 Å². The van der Waals surface area contributed by atoms with Crippen molar-refractivity contribution in [2.45, 2.75) is 6.92 Å². The maximum atomic E-state index is 11.9. The van der Waals surface area contributed by atoms with E-state index in [2.05, 4.69) is 61.2 Å². The molecule has 1 aromatic heterocycles. The van der Waals surface area contributed by atoms with Gasteiger partial charge >= 0.3 is 0 Å². The minimum absolute atomic E-state index is 0.338. The van der Waals surface area contributed by atoms with Crippen molar-refractivity contribution in [3.8, 4) is 11.1 Å². The number of imide groups is 1. The summed E-state index contributed by atoms with van der Waals surface area (Å²) in [5.74, 6) is -0.351. The molecule has 0 bridgehead atoms. The fourth-order valence-electron chi connectivity index (χ4n) is 4.31. The topological polar surface area (TPSA) is 65.5 Å². The van der Waals surface area contributed by atoms with Crippen LogP contribution in [0.15, 0.2) is 58.0 Å². The van der Waals surface area contributed by atoms with Crippen LogP contribution in [0.2, 0.25) is 0 Å². The molecule has 168 valence electrons. The van der Waals surface area contributed by atoms with Crippen LogP contribution >= 0.6 is 27.7 Å². The van der Waals surface area contributed by atoms with E-state index < -0.39 is 0 Å². The van der Waals surface area contributed by atoms with Gasteiger partial charge in [0.25, 0.3) is 11.1 Å². The first-order valence-corrected chi connectivity index (χ1v) is 12.5. The molecule has 2 aromatic carbocycles. The van der Waals surface area contributed by atoms with Crippen molar-refractivity contribution in [2.75, 3.05) is 37.6 Å². The van der Waals surface area contributed by atoms with E-state index >= 15 is 0 Å². The molecule has 6 nitrogen and oxygen atoms in total. The number of carbonyl (C=O) groups is 2. The Kier molecular flexibility index (Phi) is 6.23. The second kappa shape index (κ2) is 9.29. The van der Waals surface area contributed by atoms with Gasteiger partial charge in [0.2, 0.25) is 0 Å². The van der Waals surface area contributed by atoms with Crippen LogP contribution in [0, 0.1) is 0 Å². The van der Waals surface area contributed by atoms with Crippen LogP contribution in [0.4, 0.5) is 10.5 Å². The number of rotatable bonds is 4. The van der Waals surface area contributed by atoms with E-state index in [0.717, 1.165) is 76.6 Å². The molecular weight excluding hydrogens is 500 g/mol. The van der Waals surface area contributed by atoms with E-state index in [4.69, 9.17) is 0 Å². The lowest BCUT2D eigenvalue weighted by Gasteiger charge is -2.36. The van der Waals surface area contributed by atoms with Crippen molar-refractivity contribution in [3.63, 3.8) is 0 Å². The first-order valence-electron chi connectivity index (χ1n) is 10.9. The average molecular weight is 523 g/mol. The SMILES string of the molecule is CCN1CCN(c2ccc(-c3ccnc4ccc(C=C5SC(=O)NC5=O)cc34)cc2Br)CC1. The van der Waals surface area contributed by atoms with Crippen molar-refractivity contribution >= 4 is 61.5 Å². The van der Waals surface area contributed by atoms with Crippen LogP contribution in [0.5, 0.6) is 0 Å². The zero-order valence-corrected chi connectivity index (χ0v) is 20.6. The van der Waals surface area contributed by atoms with Crippen molar-refractivity contribution < 1.29 is 9.59 Å². The van der Waals surface area contributed by atoms with E-state index in [1.54, 1.807) is 6.08 Å². The smallest absolute Gasteiger partial charge is 0.290 e. The van der Waals surface area contributed by atoms with E-state index in [1.807, 2.05) is 30.5 Å². The fraction of sp³-hybridized carbons (Fsp3) is 0.240. The van der Waals surface area contributed by atoms with Gasteiger partial charge < -0.3 is 9.80 Å². The minimum atomic E-state index is -0.351. The molecule has 2 aliphatic rings. The summed E-state index contributed by atoms with van der Waals surface area (Å²) in [4.78, 5) is 33.2. The summed E-state index contributed by atoms with van der Waals surface area (Å²) >= 11 is 4.73. The number of halogens is 1. The third-order valence-electron chi connectivity index (χ3n) is 6.12. The Morgan fingerprint density at radius 3 is 2.61 bits per heavy atom. The number of nitrogens with one attached hydrogen (secondary N) is 1. The molecule has 3 heterocycles. The molecule has 0 atom stereocenters. The van der Waals surface area contributed by atoms with Gasteiger partial charge in [0, 0.05) is 42.2 Å². The van der Waals surface area contributed by atoms with Crippen LogP contribution in [-0.2, 0) is 4.79 Å². The summed E-state index contributed by atoms with van der Waals surface area (Å²) in [6.45, 7) is 7.52. The number of likely N-dealkylation sites (N-methyl/N-ethyl adjacent to an activating group) is 1. The predicted octanol–water partition coefficient (Wildman–Crippen LogP) is 5.13. The largest absolute Gasteiger partial charge is 0.368 e. The Bertz CT molecular complexity index is 1280. The average Bonchev–Trinajstić information content (AvgIpc) is 3.15. The number of fused-ring (bicyclic) bond motifs is 1. The maximum absolute atomic E-state index is 11.9. The number of piperazine rings is 1. The summed E-state index contributed by atoms with van der Waals surface area (Å²) < 4.78 is 1.07. The first kappa shape index (κ1) is 22.1. The summed E-state index contributed by atoms with van der Waals surface area (Å²) in [5.41, 5.74) is 5.12. The highest BCUT2D eigenvalue weighted by atomic mass is 79.9. The van der Waals surface area contributed by atoms with Crippen LogP contribution in [-0.4, -0.2) is 53.8 Å². The highest BCUT2D eigenvalue weighted by molar-refractivity contribution is 9.10. The number of amides is 2. The van der Waals surface area contributed by atoms with Crippen molar-refractivity contribution in [3.05, 3.63) is 63.6 Å². The van der Waals surface area contributed by atoms with Crippen LogP contribution < -0.4 is 10.2 Å². The zero-order chi connectivity index (χ0) is 22.9.